The molecule has 0 bridgehead atoms. The van der Waals surface area contributed by atoms with Crippen molar-refractivity contribution < 1.29 is 9.90 Å². The van der Waals surface area contributed by atoms with Crippen LogP contribution in [0.2, 0.25) is 0 Å². The molecule has 0 aromatic carbocycles. The van der Waals surface area contributed by atoms with E-state index in [1.807, 2.05) is 6.08 Å². The summed E-state index contributed by atoms with van der Waals surface area (Å²) in [6.45, 7) is 4.47. The van der Waals surface area contributed by atoms with E-state index >= 15 is 0 Å². The molecule has 0 radical (unpaired) electrons. The van der Waals surface area contributed by atoms with Crippen LogP contribution in [-0.2, 0) is 4.79 Å². The van der Waals surface area contributed by atoms with Crippen LogP contribution in [0.3, 0.4) is 0 Å². The van der Waals surface area contributed by atoms with Gasteiger partial charge in [0.2, 0.25) is 0 Å². The summed E-state index contributed by atoms with van der Waals surface area (Å²) < 4.78 is 0. The van der Waals surface area contributed by atoms with Crippen LogP contribution < -0.4 is 0 Å². The number of hydrogen-bond acceptors (Lipinski definition) is 2. The second-order valence-electron chi connectivity index (χ2n) is 8.60. The third-order valence-corrected chi connectivity index (χ3v) is 7.89. The predicted molar refractivity (Wildman–Crippen MR) is 90.4 cm³/mol. The molecule has 23 heavy (non-hydrogen) atoms. The van der Waals surface area contributed by atoms with Crippen LogP contribution in [0.1, 0.15) is 52.4 Å². The summed E-state index contributed by atoms with van der Waals surface area (Å²) in [4.78, 5) is 13.0. The van der Waals surface area contributed by atoms with Crippen molar-refractivity contribution in [3.63, 3.8) is 0 Å². The van der Waals surface area contributed by atoms with Gasteiger partial charge in [0.25, 0.3) is 0 Å². The number of fused-ring (bicyclic) bond motifs is 5. The van der Waals surface area contributed by atoms with Crippen LogP contribution in [0.5, 0.6) is 0 Å². The van der Waals surface area contributed by atoms with E-state index in [0.29, 0.717) is 12.3 Å². The summed E-state index contributed by atoms with van der Waals surface area (Å²) in [5, 5.41) is 11.0. The minimum Gasteiger partial charge on any atom is -0.377 e. The molecule has 122 valence electrons. The molecule has 2 fully saturated rings. The van der Waals surface area contributed by atoms with Gasteiger partial charge >= 0.3 is 0 Å². The second kappa shape index (κ2) is 4.61. The van der Waals surface area contributed by atoms with Crippen molar-refractivity contribution in [3.05, 3.63) is 23.8 Å². The summed E-state index contributed by atoms with van der Waals surface area (Å²) in [6, 6.07) is 0. The molecule has 4 aliphatic rings. The van der Waals surface area contributed by atoms with E-state index in [1.54, 1.807) is 0 Å². The van der Waals surface area contributed by atoms with Crippen molar-refractivity contribution in [2.75, 3.05) is 0 Å². The molecule has 0 aliphatic heterocycles. The van der Waals surface area contributed by atoms with E-state index in [9.17, 15) is 9.90 Å². The van der Waals surface area contributed by atoms with E-state index in [1.165, 1.54) is 5.57 Å². The number of carbonyl (C=O) groups is 1. The summed E-state index contributed by atoms with van der Waals surface area (Å²) in [6.07, 6.45) is 17.6. The number of ketones is 1. The van der Waals surface area contributed by atoms with Gasteiger partial charge in [0.05, 0.1) is 0 Å². The Hall–Kier alpha value is -1.33. The van der Waals surface area contributed by atoms with Crippen molar-refractivity contribution in [2.45, 2.75) is 58.0 Å². The molecule has 4 aliphatic carbocycles. The quantitative estimate of drug-likeness (QED) is 0.693. The van der Waals surface area contributed by atoms with Gasteiger partial charge in [0.15, 0.2) is 5.78 Å². The number of allylic oxidation sites excluding steroid dienone is 4. The summed E-state index contributed by atoms with van der Waals surface area (Å²) in [5.41, 5.74) is -0.0138. The highest BCUT2D eigenvalue weighted by Gasteiger charge is 2.64. The third-order valence-electron chi connectivity index (χ3n) is 7.89. The fourth-order valence-corrected chi connectivity index (χ4v) is 6.30. The molecule has 4 rings (SSSR count). The van der Waals surface area contributed by atoms with E-state index in [0.717, 1.165) is 32.1 Å². The first-order chi connectivity index (χ1) is 10.9. The molecule has 1 N–H and O–H groups in total. The normalized spacial score (nSPS) is 51.3. The van der Waals surface area contributed by atoms with Gasteiger partial charge in [0, 0.05) is 11.3 Å². The molecule has 0 aromatic heterocycles. The van der Waals surface area contributed by atoms with Crippen LogP contribution in [0.25, 0.3) is 0 Å². The van der Waals surface area contributed by atoms with Crippen LogP contribution >= 0.6 is 0 Å². The molecule has 0 aromatic rings. The van der Waals surface area contributed by atoms with E-state index in [2.05, 4.69) is 31.9 Å². The standard InChI is InChI=1S/C21H26O2/c1-4-21(23)12-9-16-18-15(8-11-20(16,21)3)19(2)10-6-5-7-14(19)13-17(18)22/h1,5,7,13,15-16,18,23H,6,8-12H2,2-3H3/t15?,16?,18?,19-,20-,21-/m0/s1. The monoisotopic (exact) mass is 310 g/mol. The predicted octanol–water partition coefficient (Wildman–Crippen LogP) is 3.66. The van der Waals surface area contributed by atoms with Crippen LogP contribution in [0.15, 0.2) is 23.8 Å². The van der Waals surface area contributed by atoms with Crippen LogP contribution in [0.4, 0.5) is 0 Å². The summed E-state index contributed by atoms with van der Waals surface area (Å²) in [7, 11) is 0. The summed E-state index contributed by atoms with van der Waals surface area (Å²) >= 11 is 0. The number of hydrogen-bond donors (Lipinski definition) is 1. The van der Waals surface area contributed by atoms with Gasteiger partial charge in [-0.25, -0.2) is 0 Å². The molecular formula is C21H26O2. The molecule has 2 saturated carbocycles. The largest absolute Gasteiger partial charge is 0.377 e. The molecule has 0 saturated heterocycles. The number of aliphatic hydroxyl groups is 1. The maximum absolute atomic E-state index is 13.0. The zero-order valence-corrected chi connectivity index (χ0v) is 14.1. The number of carbonyl (C=O) groups excluding carboxylic acids is 1. The van der Waals surface area contributed by atoms with Gasteiger partial charge in [-0.05, 0) is 67.4 Å². The Balaban J connectivity index is 1.80. The van der Waals surface area contributed by atoms with Gasteiger partial charge < -0.3 is 5.11 Å². The van der Waals surface area contributed by atoms with Crippen LogP contribution in [-0.4, -0.2) is 16.5 Å². The Kier molecular flexibility index (Phi) is 3.05. The number of rotatable bonds is 0. The van der Waals surface area contributed by atoms with Gasteiger partial charge in [-0.3, -0.25) is 4.79 Å². The molecule has 0 amide bonds. The summed E-state index contributed by atoms with van der Waals surface area (Å²) in [5.74, 6) is 3.60. The average Bonchev–Trinajstić information content (AvgIpc) is 2.80. The molecule has 6 atom stereocenters. The van der Waals surface area contributed by atoms with Gasteiger partial charge in [-0.2, -0.15) is 0 Å². The Bertz CT molecular complexity index is 666. The molecule has 2 nitrogen and oxygen atoms in total. The van der Waals surface area contributed by atoms with Crippen molar-refractivity contribution in [1.82, 2.24) is 0 Å². The van der Waals surface area contributed by atoms with Crippen molar-refractivity contribution >= 4 is 5.78 Å². The fraction of sp³-hybridized carbons (Fsp3) is 0.667. The molecule has 2 heteroatoms. The smallest absolute Gasteiger partial charge is 0.159 e. The topological polar surface area (TPSA) is 37.3 Å². The Morgan fingerprint density at radius 1 is 1.22 bits per heavy atom. The molecule has 3 unspecified atom stereocenters. The zero-order chi connectivity index (χ0) is 16.5. The first-order valence-electron chi connectivity index (χ1n) is 8.98. The minimum absolute atomic E-state index is 0.0383. The van der Waals surface area contributed by atoms with E-state index in [-0.39, 0.29) is 28.4 Å². The lowest BCUT2D eigenvalue weighted by Gasteiger charge is -2.56. The average molecular weight is 310 g/mol. The highest BCUT2D eigenvalue weighted by atomic mass is 16.3. The number of terminal acetylenes is 1. The molecule has 0 heterocycles. The highest BCUT2D eigenvalue weighted by Crippen LogP contribution is 2.65. The molecular weight excluding hydrogens is 284 g/mol. The van der Waals surface area contributed by atoms with Crippen molar-refractivity contribution in [2.24, 2.45) is 28.6 Å². The van der Waals surface area contributed by atoms with Crippen molar-refractivity contribution in [1.29, 1.82) is 0 Å². The SMILES string of the molecule is C#C[C@]1(O)CCC2C3C(=O)C=C4C=CCC[C@]4(C)C3CC[C@@]21C. The second-order valence-corrected chi connectivity index (χ2v) is 8.60. The first kappa shape index (κ1) is 15.2. The molecule has 0 spiro atoms. The van der Waals surface area contributed by atoms with Crippen molar-refractivity contribution in [3.8, 4) is 12.3 Å². The van der Waals surface area contributed by atoms with E-state index in [4.69, 9.17) is 6.42 Å². The maximum atomic E-state index is 13.0. The Labute approximate surface area is 139 Å². The highest BCUT2D eigenvalue weighted by molar-refractivity contribution is 5.95. The van der Waals surface area contributed by atoms with Gasteiger partial charge in [-0.1, -0.05) is 31.9 Å². The Morgan fingerprint density at radius 3 is 2.70 bits per heavy atom. The van der Waals surface area contributed by atoms with Gasteiger partial charge in [-0.15, -0.1) is 6.42 Å². The fourth-order valence-electron chi connectivity index (χ4n) is 6.30. The lowest BCUT2D eigenvalue weighted by molar-refractivity contribution is -0.138. The minimum atomic E-state index is -1.04. The van der Waals surface area contributed by atoms with E-state index < -0.39 is 5.60 Å². The lowest BCUT2D eigenvalue weighted by atomic mass is 9.47. The zero-order valence-electron chi connectivity index (χ0n) is 14.1. The third kappa shape index (κ3) is 1.72. The Morgan fingerprint density at radius 2 is 1.96 bits per heavy atom. The van der Waals surface area contributed by atoms with Gasteiger partial charge in [0.1, 0.15) is 5.60 Å². The first-order valence-corrected chi connectivity index (χ1v) is 8.98. The maximum Gasteiger partial charge on any atom is 0.159 e. The van der Waals surface area contributed by atoms with Crippen LogP contribution in [0, 0.1) is 40.9 Å². The lowest BCUT2D eigenvalue weighted by Crippen LogP contribution is -2.55.